The number of aliphatic hydroxyl groups is 1. The molecule has 138 valence electrons. The van der Waals surface area contributed by atoms with Crippen LogP contribution in [0.15, 0.2) is 36.4 Å². The van der Waals surface area contributed by atoms with Gasteiger partial charge in [-0.1, -0.05) is 23.7 Å². The first kappa shape index (κ1) is 18.7. The van der Waals surface area contributed by atoms with Crippen molar-refractivity contribution in [2.24, 2.45) is 0 Å². The molecule has 1 N–H and O–H groups in total. The average molecular weight is 373 g/mol. The minimum Gasteiger partial charge on any atom is -0.494 e. The van der Waals surface area contributed by atoms with Crippen LogP contribution in [0, 0.1) is 13.8 Å². The summed E-state index contributed by atoms with van der Waals surface area (Å²) >= 11 is 6.20. The Morgan fingerprint density at radius 3 is 2.46 bits per heavy atom. The zero-order chi connectivity index (χ0) is 18.9. The number of hydrogen-bond donors (Lipinski definition) is 1. The topological polar surface area (TPSA) is 47.3 Å². The summed E-state index contributed by atoms with van der Waals surface area (Å²) in [7, 11) is 0. The van der Waals surface area contributed by atoms with Gasteiger partial charge < -0.3 is 14.4 Å². The first-order valence-corrected chi connectivity index (χ1v) is 9.23. The fourth-order valence-electron chi connectivity index (χ4n) is 3.17. The molecule has 0 aliphatic heterocycles. The zero-order valence-corrected chi connectivity index (χ0v) is 16.5. The summed E-state index contributed by atoms with van der Waals surface area (Å²) in [6.45, 7) is 8.80. The first-order chi connectivity index (χ1) is 12.3. The van der Waals surface area contributed by atoms with Crippen LogP contribution in [0.3, 0.4) is 0 Å². The summed E-state index contributed by atoms with van der Waals surface area (Å²) in [4.78, 5) is 4.61. The molecule has 1 aromatic heterocycles. The van der Waals surface area contributed by atoms with Crippen molar-refractivity contribution >= 4 is 22.6 Å². The highest BCUT2D eigenvalue weighted by atomic mass is 35.5. The van der Waals surface area contributed by atoms with Crippen LogP contribution in [0.4, 0.5) is 0 Å². The normalized spacial score (nSPS) is 11.9. The fraction of sp³-hybridized carbons (Fsp3) is 0.381. The maximum absolute atomic E-state index is 10.5. The Labute approximate surface area is 159 Å². The monoisotopic (exact) mass is 372 g/mol. The molecule has 0 radical (unpaired) electrons. The van der Waals surface area contributed by atoms with E-state index in [-0.39, 0.29) is 0 Å². The van der Waals surface area contributed by atoms with E-state index in [1.54, 1.807) is 13.8 Å². The van der Waals surface area contributed by atoms with Crippen molar-refractivity contribution in [2.75, 3.05) is 6.61 Å². The molecule has 3 aromatic rings. The number of hydrogen-bond acceptors (Lipinski definition) is 3. The van der Waals surface area contributed by atoms with Crippen LogP contribution >= 0.6 is 11.6 Å². The van der Waals surface area contributed by atoms with Gasteiger partial charge in [0, 0.05) is 11.6 Å². The van der Waals surface area contributed by atoms with Crippen LogP contribution in [0.5, 0.6) is 5.75 Å². The first-order valence-electron chi connectivity index (χ1n) is 8.85. The summed E-state index contributed by atoms with van der Waals surface area (Å²) in [5, 5.41) is 11.3. The Morgan fingerprint density at radius 2 is 1.81 bits per heavy atom. The van der Waals surface area contributed by atoms with Gasteiger partial charge in [0.15, 0.2) is 0 Å². The Hall–Kier alpha value is -2.04. The Bertz CT molecular complexity index is 902. The van der Waals surface area contributed by atoms with E-state index in [1.165, 1.54) is 0 Å². The lowest BCUT2D eigenvalue weighted by molar-refractivity contribution is 0.0649. The molecule has 0 aliphatic carbocycles. The number of aryl methyl sites for hydroxylation is 3. The smallest absolute Gasteiger partial charge is 0.141 e. The lowest BCUT2D eigenvalue weighted by Crippen LogP contribution is -2.22. The van der Waals surface area contributed by atoms with Crippen LogP contribution in [0.2, 0.25) is 5.02 Å². The molecule has 4 nitrogen and oxygen atoms in total. The van der Waals surface area contributed by atoms with Crippen molar-refractivity contribution in [3.8, 4) is 5.75 Å². The Balaban J connectivity index is 1.72. The lowest BCUT2D eigenvalue weighted by Gasteiger charge is -2.19. The number of halogens is 1. The largest absolute Gasteiger partial charge is 0.494 e. The van der Waals surface area contributed by atoms with E-state index in [0.717, 1.165) is 45.9 Å². The SMILES string of the molecule is Cc1cc(OCCCn2c(C(C)(C)O)nc3ccccc32)cc(C)c1Cl. The highest BCUT2D eigenvalue weighted by Gasteiger charge is 2.24. The summed E-state index contributed by atoms with van der Waals surface area (Å²) in [6, 6.07) is 11.9. The van der Waals surface area contributed by atoms with Gasteiger partial charge in [-0.15, -0.1) is 0 Å². The van der Waals surface area contributed by atoms with Gasteiger partial charge in [0.2, 0.25) is 0 Å². The van der Waals surface area contributed by atoms with Gasteiger partial charge in [-0.3, -0.25) is 0 Å². The molecular formula is C21H25ClN2O2. The summed E-state index contributed by atoms with van der Waals surface area (Å²) in [5.74, 6) is 1.51. The number of benzene rings is 2. The highest BCUT2D eigenvalue weighted by Crippen LogP contribution is 2.27. The van der Waals surface area contributed by atoms with E-state index in [2.05, 4.69) is 9.55 Å². The predicted octanol–water partition coefficient (Wildman–Crippen LogP) is 5.00. The summed E-state index contributed by atoms with van der Waals surface area (Å²) in [6.07, 6.45) is 0.810. The molecule has 3 rings (SSSR count). The third-order valence-corrected chi connectivity index (χ3v) is 5.00. The average Bonchev–Trinajstić information content (AvgIpc) is 2.95. The molecule has 0 unspecified atom stereocenters. The van der Waals surface area contributed by atoms with Gasteiger partial charge in [-0.05, 0) is 69.5 Å². The van der Waals surface area contributed by atoms with Gasteiger partial charge in [-0.2, -0.15) is 0 Å². The predicted molar refractivity (Wildman–Crippen MR) is 106 cm³/mol. The number of rotatable bonds is 6. The molecule has 0 saturated heterocycles. The molecule has 0 saturated carbocycles. The number of aromatic nitrogens is 2. The highest BCUT2D eigenvalue weighted by molar-refractivity contribution is 6.32. The Kier molecular flexibility index (Phi) is 5.26. The summed E-state index contributed by atoms with van der Waals surface area (Å²) in [5.41, 5.74) is 2.97. The van der Waals surface area contributed by atoms with Crippen molar-refractivity contribution in [3.05, 3.63) is 58.4 Å². The molecule has 5 heteroatoms. The molecule has 0 amide bonds. The lowest BCUT2D eigenvalue weighted by atomic mass is 10.1. The fourth-order valence-corrected chi connectivity index (χ4v) is 3.28. The van der Waals surface area contributed by atoms with Crippen LogP contribution in [-0.2, 0) is 12.1 Å². The van der Waals surface area contributed by atoms with Crippen molar-refractivity contribution in [2.45, 2.75) is 46.3 Å². The van der Waals surface area contributed by atoms with E-state index < -0.39 is 5.60 Å². The molecule has 0 bridgehead atoms. The van der Waals surface area contributed by atoms with Crippen LogP contribution in [0.1, 0.15) is 37.2 Å². The molecule has 0 fully saturated rings. The van der Waals surface area contributed by atoms with Crippen molar-refractivity contribution < 1.29 is 9.84 Å². The van der Waals surface area contributed by atoms with E-state index in [4.69, 9.17) is 16.3 Å². The quantitative estimate of drug-likeness (QED) is 0.619. The zero-order valence-electron chi connectivity index (χ0n) is 15.7. The molecule has 0 atom stereocenters. The third-order valence-electron chi connectivity index (χ3n) is 4.41. The van der Waals surface area contributed by atoms with Gasteiger partial charge >= 0.3 is 0 Å². The maximum atomic E-state index is 10.5. The van der Waals surface area contributed by atoms with Crippen molar-refractivity contribution in [3.63, 3.8) is 0 Å². The molecule has 0 spiro atoms. The second-order valence-electron chi connectivity index (χ2n) is 7.21. The van der Waals surface area contributed by atoms with E-state index in [1.807, 2.05) is 50.2 Å². The van der Waals surface area contributed by atoms with Crippen LogP contribution in [0.25, 0.3) is 11.0 Å². The second kappa shape index (κ2) is 7.29. The minimum atomic E-state index is -0.996. The second-order valence-corrected chi connectivity index (χ2v) is 7.59. The molecule has 2 aromatic carbocycles. The van der Waals surface area contributed by atoms with Gasteiger partial charge in [0.25, 0.3) is 0 Å². The number of fused-ring (bicyclic) bond motifs is 1. The van der Waals surface area contributed by atoms with Gasteiger partial charge in [0.1, 0.15) is 17.2 Å². The number of imidazole rings is 1. The minimum absolute atomic E-state index is 0.582. The van der Waals surface area contributed by atoms with Crippen molar-refractivity contribution in [1.82, 2.24) is 9.55 Å². The van der Waals surface area contributed by atoms with Crippen LogP contribution < -0.4 is 4.74 Å². The molecule has 26 heavy (non-hydrogen) atoms. The van der Waals surface area contributed by atoms with Crippen molar-refractivity contribution in [1.29, 1.82) is 0 Å². The molecule has 1 heterocycles. The van der Waals surface area contributed by atoms with Crippen LogP contribution in [-0.4, -0.2) is 21.3 Å². The number of ether oxygens (including phenoxy) is 1. The van der Waals surface area contributed by atoms with Gasteiger partial charge in [0.05, 0.1) is 17.6 Å². The maximum Gasteiger partial charge on any atom is 0.141 e. The number of nitrogens with zero attached hydrogens (tertiary/aromatic N) is 2. The van der Waals surface area contributed by atoms with E-state index in [0.29, 0.717) is 12.4 Å². The number of para-hydroxylation sites is 2. The molecular weight excluding hydrogens is 348 g/mol. The Morgan fingerprint density at radius 1 is 1.15 bits per heavy atom. The standard InChI is InChI=1S/C21H25ClN2O2/c1-14-12-16(13-15(2)19(14)22)26-11-7-10-24-18-9-6-5-8-17(18)23-20(24)21(3,4)25/h5-6,8-9,12-13,25H,7,10-11H2,1-4H3. The van der Waals surface area contributed by atoms with E-state index in [9.17, 15) is 5.11 Å². The third kappa shape index (κ3) is 3.87. The van der Waals surface area contributed by atoms with Gasteiger partial charge in [-0.25, -0.2) is 4.98 Å². The summed E-state index contributed by atoms with van der Waals surface area (Å²) < 4.78 is 7.98. The molecule has 0 aliphatic rings. The van der Waals surface area contributed by atoms with E-state index >= 15 is 0 Å².